The molecular formula is C26H35BBrN10O2. The predicted molar refractivity (Wildman–Crippen MR) is 164 cm³/mol. The smallest absolute Gasteiger partial charge is 0.535 e. The van der Waals surface area contributed by atoms with Crippen molar-refractivity contribution in [3.8, 4) is 17.0 Å². The van der Waals surface area contributed by atoms with Gasteiger partial charge in [0.1, 0.15) is 22.0 Å². The van der Waals surface area contributed by atoms with Crippen molar-refractivity contribution in [3.05, 3.63) is 65.8 Å². The molecule has 0 unspecified atom stereocenters. The van der Waals surface area contributed by atoms with Crippen molar-refractivity contribution in [3.63, 3.8) is 0 Å². The summed E-state index contributed by atoms with van der Waals surface area (Å²) < 4.78 is 5.47. The van der Waals surface area contributed by atoms with Crippen LogP contribution in [0.1, 0.15) is 27.7 Å². The highest BCUT2D eigenvalue weighted by Gasteiger charge is 2.07. The van der Waals surface area contributed by atoms with Gasteiger partial charge < -0.3 is 30.9 Å². The van der Waals surface area contributed by atoms with Crippen molar-refractivity contribution in [1.29, 1.82) is 0 Å². The van der Waals surface area contributed by atoms with Gasteiger partial charge in [-0.1, -0.05) is 12.1 Å². The fraction of sp³-hybridized carbons (Fsp3) is 0.308. The van der Waals surface area contributed by atoms with E-state index in [1.54, 1.807) is 24.5 Å². The van der Waals surface area contributed by atoms with Gasteiger partial charge in [0.2, 0.25) is 11.9 Å². The summed E-state index contributed by atoms with van der Waals surface area (Å²) in [5.41, 5.74) is 12.6. The number of rotatable bonds is 9. The van der Waals surface area contributed by atoms with Crippen molar-refractivity contribution in [1.82, 2.24) is 29.9 Å². The third-order valence-electron chi connectivity index (χ3n) is 5.34. The molecule has 0 bridgehead atoms. The van der Waals surface area contributed by atoms with Crippen LogP contribution in [0.15, 0.2) is 65.8 Å². The molecule has 0 saturated heterocycles. The number of nitrogen functional groups attached to an aromatic ring is 2. The normalized spacial score (nSPS) is 9.85. The third kappa shape index (κ3) is 10.6. The molecule has 0 atom stereocenters. The van der Waals surface area contributed by atoms with Gasteiger partial charge in [0.25, 0.3) is 0 Å². The molecule has 0 spiro atoms. The Morgan fingerprint density at radius 2 is 1.23 bits per heavy atom. The van der Waals surface area contributed by atoms with Crippen LogP contribution in [0.25, 0.3) is 11.3 Å². The fourth-order valence-corrected chi connectivity index (χ4v) is 3.62. The number of aromatic nitrogens is 6. The minimum atomic E-state index is 0.420. The number of pyridine rings is 2. The Kier molecular flexibility index (Phi) is 14.1. The highest BCUT2D eigenvalue weighted by atomic mass is 79.9. The van der Waals surface area contributed by atoms with Crippen LogP contribution in [-0.4, -0.2) is 68.8 Å². The Morgan fingerprint density at radius 1 is 0.750 bits per heavy atom. The van der Waals surface area contributed by atoms with Gasteiger partial charge in [0, 0.05) is 44.1 Å². The highest BCUT2D eigenvalue weighted by Crippen LogP contribution is 2.17. The van der Waals surface area contributed by atoms with Gasteiger partial charge in [-0.25, -0.2) is 29.9 Å². The lowest BCUT2D eigenvalue weighted by Crippen LogP contribution is -2.24. The summed E-state index contributed by atoms with van der Waals surface area (Å²) in [4.78, 5) is 29.1. The molecule has 0 fully saturated rings. The lowest BCUT2D eigenvalue weighted by molar-refractivity contribution is 0.451. The zero-order valence-corrected chi connectivity index (χ0v) is 24.7. The Morgan fingerprint density at radius 3 is 1.62 bits per heavy atom. The van der Waals surface area contributed by atoms with E-state index in [-0.39, 0.29) is 0 Å². The zero-order valence-electron chi connectivity index (χ0n) is 23.1. The van der Waals surface area contributed by atoms with Crippen molar-refractivity contribution in [2.45, 2.75) is 27.7 Å². The number of nitrogens with zero attached hydrogens (tertiary/aromatic N) is 8. The van der Waals surface area contributed by atoms with Crippen LogP contribution in [0.4, 0.5) is 23.5 Å². The molecule has 4 aromatic rings. The number of hydrogen-bond acceptors (Lipinski definition) is 12. The SMILES string of the molecule is CCN(CC)c1ncc(-c2cccc(N)n2)cn1.CCN(CC)c1ncc(O[B]O)cn1.Nc1cccc(Br)n1. The van der Waals surface area contributed by atoms with E-state index in [0.29, 0.717) is 31.0 Å². The van der Waals surface area contributed by atoms with Gasteiger partial charge in [-0.05, 0) is 67.9 Å². The Bertz CT molecular complexity index is 1240. The molecule has 14 heteroatoms. The summed E-state index contributed by atoms with van der Waals surface area (Å²) in [6, 6.07) is 10.9. The van der Waals surface area contributed by atoms with Gasteiger partial charge in [0.05, 0.1) is 18.1 Å². The zero-order chi connectivity index (χ0) is 29.3. The van der Waals surface area contributed by atoms with E-state index in [9.17, 15) is 0 Å². The maximum Gasteiger partial charge on any atom is 0.569 e. The van der Waals surface area contributed by atoms with E-state index in [0.717, 1.165) is 48.0 Å². The highest BCUT2D eigenvalue weighted by molar-refractivity contribution is 9.10. The first-order chi connectivity index (χ1) is 19.3. The lowest BCUT2D eigenvalue weighted by atomic mass is 10.2. The number of nitrogens with two attached hydrogens (primary N) is 2. The summed E-state index contributed by atoms with van der Waals surface area (Å²) in [5.74, 6) is 2.87. The second-order valence-corrected chi connectivity index (χ2v) is 8.70. The second-order valence-electron chi connectivity index (χ2n) is 7.89. The molecule has 1 radical (unpaired) electrons. The minimum Gasteiger partial charge on any atom is -0.535 e. The van der Waals surface area contributed by atoms with E-state index in [1.165, 1.54) is 12.4 Å². The fourth-order valence-electron chi connectivity index (χ4n) is 3.26. The minimum absolute atomic E-state index is 0.420. The first kappa shape index (κ1) is 32.2. The largest absolute Gasteiger partial charge is 0.569 e. The van der Waals surface area contributed by atoms with Crippen LogP contribution in [-0.2, 0) is 0 Å². The monoisotopic (exact) mass is 609 g/mol. The molecule has 4 heterocycles. The summed E-state index contributed by atoms with van der Waals surface area (Å²) in [5, 5.41) is 8.38. The molecular weight excluding hydrogens is 575 g/mol. The van der Waals surface area contributed by atoms with Gasteiger partial charge >= 0.3 is 7.69 Å². The van der Waals surface area contributed by atoms with Crippen molar-refractivity contribution in [2.24, 2.45) is 0 Å². The van der Waals surface area contributed by atoms with Gasteiger partial charge in [-0.15, -0.1) is 0 Å². The molecule has 0 aliphatic heterocycles. The lowest BCUT2D eigenvalue weighted by Gasteiger charge is -2.18. The molecule has 0 amide bonds. The summed E-state index contributed by atoms with van der Waals surface area (Å²) in [6.07, 6.45) is 6.60. The Hall–Kier alpha value is -4.04. The predicted octanol–water partition coefficient (Wildman–Crippen LogP) is 3.62. The van der Waals surface area contributed by atoms with Crippen LogP contribution >= 0.6 is 15.9 Å². The van der Waals surface area contributed by atoms with E-state index in [2.05, 4.69) is 64.6 Å². The Labute approximate surface area is 244 Å². The second kappa shape index (κ2) is 17.5. The van der Waals surface area contributed by atoms with Gasteiger partial charge in [0.15, 0.2) is 0 Å². The maximum absolute atomic E-state index is 8.38. The molecule has 0 aliphatic rings. The average molecular weight is 610 g/mol. The maximum atomic E-state index is 8.38. The molecule has 0 saturated carbocycles. The Balaban J connectivity index is 0.000000226. The summed E-state index contributed by atoms with van der Waals surface area (Å²) in [6.45, 7) is 11.8. The number of anilines is 4. The van der Waals surface area contributed by atoms with Crippen molar-refractivity contribution in [2.75, 3.05) is 47.4 Å². The van der Waals surface area contributed by atoms with Crippen molar-refractivity contribution >= 4 is 47.1 Å². The van der Waals surface area contributed by atoms with Crippen LogP contribution in [0, 0.1) is 0 Å². The third-order valence-corrected chi connectivity index (χ3v) is 5.78. The van der Waals surface area contributed by atoms with Crippen LogP contribution in [0.3, 0.4) is 0 Å². The van der Waals surface area contributed by atoms with E-state index in [1.807, 2.05) is 43.0 Å². The first-order valence-corrected chi connectivity index (χ1v) is 13.5. The molecule has 4 rings (SSSR count). The quantitative estimate of drug-likeness (QED) is 0.187. The van der Waals surface area contributed by atoms with E-state index >= 15 is 0 Å². The molecule has 211 valence electrons. The summed E-state index contributed by atoms with van der Waals surface area (Å²) in [7, 11) is 0.607. The van der Waals surface area contributed by atoms with E-state index in [4.69, 9.17) is 21.1 Å². The van der Waals surface area contributed by atoms with E-state index < -0.39 is 0 Å². The molecule has 4 aromatic heterocycles. The molecule has 12 nitrogen and oxygen atoms in total. The average Bonchev–Trinajstić information content (AvgIpc) is 2.96. The molecule has 0 aromatic carbocycles. The first-order valence-electron chi connectivity index (χ1n) is 12.7. The molecule has 0 aliphatic carbocycles. The van der Waals surface area contributed by atoms with Crippen LogP contribution < -0.4 is 25.9 Å². The number of hydrogen-bond donors (Lipinski definition) is 3. The standard InChI is InChI=1S/C13H17N5.C8H13BN3O2.C5H5BrN2/c1-3-18(4-2)13-15-8-10(9-16-13)11-6-5-7-12(14)17-11;1-3-12(4-2)8-10-5-7(6-11-8)14-9-13;6-4-2-1-3-5(7)8-4/h5-9H,3-4H2,1-2H3,(H2,14,17);5-6,13H,3-4H2,1-2H3;1-3H,(H2,7,8). The molecule has 5 N–H and O–H groups in total. The van der Waals surface area contributed by atoms with Gasteiger partial charge in [-0.2, -0.15) is 0 Å². The topological polar surface area (TPSA) is 165 Å². The van der Waals surface area contributed by atoms with Crippen LogP contribution in [0.2, 0.25) is 0 Å². The molecule has 40 heavy (non-hydrogen) atoms. The summed E-state index contributed by atoms with van der Waals surface area (Å²) >= 11 is 3.17. The van der Waals surface area contributed by atoms with Gasteiger partial charge in [-0.3, -0.25) is 0 Å². The van der Waals surface area contributed by atoms with Crippen LogP contribution in [0.5, 0.6) is 5.75 Å². The number of halogens is 1. The van der Waals surface area contributed by atoms with Crippen molar-refractivity contribution < 1.29 is 9.68 Å².